The molecule has 1 heterocycles. The van der Waals surface area contributed by atoms with Crippen molar-refractivity contribution in [1.82, 2.24) is 4.31 Å². The number of hydrogen-bond acceptors (Lipinski definition) is 2. The molecule has 1 aliphatic heterocycles. The Morgan fingerprint density at radius 3 is 2.36 bits per heavy atom. The molecule has 3 rings (SSSR count). The van der Waals surface area contributed by atoms with Gasteiger partial charge in [0.05, 0.1) is 4.90 Å². The molecule has 4 heteroatoms. The normalized spacial score (nSPS) is 18.4. The number of benzene rings is 2. The molecule has 0 aliphatic carbocycles. The zero-order valence-corrected chi connectivity index (χ0v) is 15.9. The van der Waals surface area contributed by atoms with Gasteiger partial charge in [-0.05, 0) is 61.6 Å². The molecule has 0 fully saturated rings. The van der Waals surface area contributed by atoms with Gasteiger partial charge in [-0.1, -0.05) is 35.9 Å². The maximum Gasteiger partial charge on any atom is 0.243 e. The average Bonchev–Trinajstić information content (AvgIpc) is 2.75. The Morgan fingerprint density at radius 2 is 1.72 bits per heavy atom. The van der Waals surface area contributed by atoms with Gasteiger partial charge in [0, 0.05) is 19.0 Å². The van der Waals surface area contributed by atoms with E-state index in [4.69, 9.17) is 0 Å². The van der Waals surface area contributed by atoms with E-state index in [0.717, 1.165) is 12.0 Å². The first-order valence-electron chi connectivity index (χ1n) is 8.62. The summed E-state index contributed by atoms with van der Waals surface area (Å²) in [6.45, 7) is 11.0. The number of hydrogen-bond donors (Lipinski definition) is 0. The second-order valence-corrected chi connectivity index (χ2v) is 8.84. The molecule has 132 valence electrons. The molecule has 3 nitrogen and oxygen atoms in total. The Hall–Kier alpha value is -1.91. The van der Waals surface area contributed by atoms with E-state index in [-0.39, 0.29) is 5.92 Å². The van der Waals surface area contributed by atoms with Crippen LogP contribution in [0.1, 0.15) is 33.7 Å². The van der Waals surface area contributed by atoms with E-state index in [9.17, 15) is 8.42 Å². The number of aryl methyl sites for hydroxylation is 3. The van der Waals surface area contributed by atoms with Crippen molar-refractivity contribution in [3.63, 3.8) is 0 Å². The van der Waals surface area contributed by atoms with Gasteiger partial charge in [-0.15, -0.1) is 6.58 Å². The maximum atomic E-state index is 13.1. The molecular weight excluding hydrogens is 330 g/mol. The van der Waals surface area contributed by atoms with Crippen LogP contribution in [0, 0.1) is 20.8 Å². The van der Waals surface area contributed by atoms with E-state index >= 15 is 0 Å². The first-order valence-corrected chi connectivity index (χ1v) is 10.1. The van der Waals surface area contributed by atoms with Gasteiger partial charge in [0.25, 0.3) is 0 Å². The van der Waals surface area contributed by atoms with Gasteiger partial charge in [-0.25, -0.2) is 8.42 Å². The maximum absolute atomic E-state index is 13.1. The molecule has 2 aromatic rings. The first kappa shape index (κ1) is 17.9. The van der Waals surface area contributed by atoms with E-state index in [0.29, 0.717) is 18.0 Å². The fourth-order valence-corrected chi connectivity index (χ4v) is 4.86. The summed E-state index contributed by atoms with van der Waals surface area (Å²) in [7, 11) is -3.50. The molecule has 0 radical (unpaired) electrons. The highest BCUT2D eigenvalue weighted by atomic mass is 32.2. The van der Waals surface area contributed by atoms with Crippen molar-refractivity contribution in [2.75, 3.05) is 13.1 Å². The predicted octanol–water partition coefficient (Wildman–Crippen LogP) is 4.13. The third-order valence-electron chi connectivity index (χ3n) is 5.13. The fraction of sp³-hybridized carbons (Fsp3) is 0.333. The Bertz CT molecular complexity index is 898. The molecule has 1 atom stereocenters. The van der Waals surface area contributed by atoms with E-state index in [1.54, 1.807) is 16.4 Å². The number of nitrogens with zero attached hydrogens (tertiary/aromatic N) is 1. The van der Waals surface area contributed by atoms with Crippen LogP contribution in [0.2, 0.25) is 0 Å². The lowest BCUT2D eigenvalue weighted by Gasteiger charge is -2.23. The molecule has 0 N–H and O–H groups in total. The molecule has 0 spiro atoms. The van der Waals surface area contributed by atoms with Crippen molar-refractivity contribution in [2.45, 2.75) is 38.0 Å². The van der Waals surface area contributed by atoms with Crippen LogP contribution in [-0.2, 0) is 16.4 Å². The first-order chi connectivity index (χ1) is 11.8. The molecule has 0 saturated heterocycles. The Balaban J connectivity index is 1.99. The van der Waals surface area contributed by atoms with Crippen LogP contribution in [0.25, 0.3) is 0 Å². The minimum absolute atomic E-state index is 0.0111. The smallest absolute Gasteiger partial charge is 0.207 e. The standard InChI is InChI=1S/C21H25NO2S/c1-5-18-14-22(25(23,24)20-8-6-15(2)7-9-20)11-10-19-12-16(3)17(4)13-21(18)19/h5-9,12-13,18H,1,10-11,14H2,2-4H3/t18-/m0/s1. The number of sulfonamides is 1. The van der Waals surface area contributed by atoms with Crippen LogP contribution in [0.15, 0.2) is 53.9 Å². The second kappa shape index (κ2) is 6.77. The van der Waals surface area contributed by atoms with Crippen molar-refractivity contribution >= 4 is 10.0 Å². The van der Waals surface area contributed by atoms with Crippen LogP contribution < -0.4 is 0 Å². The van der Waals surface area contributed by atoms with E-state index in [1.807, 2.05) is 25.1 Å². The topological polar surface area (TPSA) is 37.4 Å². The number of fused-ring (bicyclic) bond motifs is 1. The molecule has 25 heavy (non-hydrogen) atoms. The van der Waals surface area contributed by atoms with Crippen molar-refractivity contribution in [2.24, 2.45) is 0 Å². The van der Waals surface area contributed by atoms with Gasteiger partial charge in [-0.3, -0.25) is 0 Å². The van der Waals surface area contributed by atoms with Gasteiger partial charge in [0.15, 0.2) is 0 Å². The van der Waals surface area contributed by atoms with Crippen LogP contribution in [0.3, 0.4) is 0 Å². The third-order valence-corrected chi connectivity index (χ3v) is 7.01. The molecule has 0 aromatic heterocycles. The summed E-state index contributed by atoms with van der Waals surface area (Å²) < 4.78 is 27.8. The van der Waals surface area contributed by atoms with Crippen molar-refractivity contribution in [3.8, 4) is 0 Å². The summed E-state index contributed by atoms with van der Waals surface area (Å²) in [5.74, 6) is 0.0111. The lowest BCUT2D eigenvalue weighted by atomic mass is 9.90. The molecule has 0 saturated carbocycles. The van der Waals surface area contributed by atoms with Crippen LogP contribution >= 0.6 is 0 Å². The zero-order chi connectivity index (χ0) is 18.2. The summed E-state index contributed by atoms with van der Waals surface area (Å²) in [6, 6.07) is 11.5. The van der Waals surface area contributed by atoms with Gasteiger partial charge in [0.1, 0.15) is 0 Å². The lowest BCUT2D eigenvalue weighted by Crippen LogP contribution is -2.34. The molecule has 0 unspecified atom stereocenters. The Labute approximate surface area is 151 Å². The molecule has 0 bridgehead atoms. The largest absolute Gasteiger partial charge is 0.243 e. The quantitative estimate of drug-likeness (QED) is 0.777. The van der Waals surface area contributed by atoms with Crippen molar-refractivity contribution < 1.29 is 8.42 Å². The Morgan fingerprint density at radius 1 is 1.08 bits per heavy atom. The fourth-order valence-electron chi connectivity index (χ4n) is 3.39. The van der Waals surface area contributed by atoms with Crippen molar-refractivity contribution in [3.05, 3.63) is 76.9 Å². The van der Waals surface area contributed by atoms with E-state index < -0.39 is 10.0 Å². The van der Waals surface area contributed by atoms with Gasteiger partial charge in [0.2, 0.25) is 10.0 Å². The molecular formula is C21H25NO2S. The predicted molar refractivity (Wildman–Crippen MR) is 102 cm³/mol. The second-order valence-electron chi connectivity index (χ2n) is 6.90. The summed E-state index contributed by atoms with van der Waals surface area (Å²) >= 11 is 0. The number of rotatable bonds is 3. The van der Waals surface area contributed by atoms with Gasteiger partial charge >= 0.3 is 0 Å². The van der Waals surface area contributed by atoms with Crippen LogP contribution in [-0.4, -0.2) is 25.8 Å². The summed E-state index contributed by atoms with van der Waals surface area (Å²) in [4.78, 5) is 0.360. The van der Waals surface area contributed by atoms with Crippen LogP contribution in [0.4, 0.5) is 0 Å². The summed E-state index contributed by atoms with van der Waals surface area (Å²) in [6.07, 6.45) is 2.60. The average molecular weight is 356 g/mol. The SMILES string of the molecule is C=C[C@H]1CN(S(=O)(=O)c2ccc(C)cc2)CCc2cc(C)c(C)cc21. The summed E-state index contributed by atoms with van der Waals surface area (Å²) in [5, 5.41) is 0. The monoisotopic (exact) mass is 355 g/mol. The van der Waals surface area contributed by atoms with Crippen molar-refractivity contribution in [1.29, 1.82) is 0 Å². The van der Waals surface area contributed by atoms with Gasteiger partial charge < -0.3 is 0 Å². The van der Waals surface area contributed by atoms with Crippen LogP contribution in [0.5, 0.6) is 0 Å². The minimum atomic E-state index is -3.50. The highest BCUT2D eigenvalue weighted by molar-refractivity contribution is 7.89. The molecule has 1 aliphatic rings. The summed E-state index contributed by atoms with van der Waals surface area (Å²) in [5.41, 5.74) is 5.98. The minimum Gasteiger partial charge on any atom is -0.207 e. The molecule has 0 amide bonds. The molecule has 2 aromatic carbocycles. The van der Waals surface area contributed by atoms with Gasteiger partial charge in [-0.2, -0.15) is 4.31 Å². The third kappa shape index (κ3) is 3.42. The highest BCUT2D eigenvalue weighted by Crippen LogP contribution is 2.31. The Kier molecular flexibility index (Phi) is 4.85. The van der Waals surface area contributed by atoms with E-state index in [2.05, 4.69) is 32.6 Å². The highest BCUT2D eigenvalue weighted by Gasteiger charge is 2.30. The van der Waals surface area contributed by atoms with E-state index in [1.165, 1.54) is 22.3 Å². The zero-order valence-electron chi connectivity index (χ0n) is 15.1. The lowest BCUT2D eigenvalue weighted by molar-refractivity contribution is 0.415.